The maximum Gasteiger partial charge on any atom is 0.264 e. The van der Waals surface area contributed by atoms with Crippen molar-refractivity contribution in [1.29, 1.82) is 0 Å². The molecule has 0 aromatic carbocycles. The van der Waals surface area contributed by atoms with Gasteiger partial charge in [-0.3, -0.25) is 8.37 Å². The van der Waals surface area contributed by atoms with E-state index in [1.807, 2.05) is 0 Å². The lowest BCUT2D eigenvalue weighted by molar-refractivity contribution is -0.0458. The molecule has 0 aliphatic rings. The molecule has 0 N–H and O–H groups in total. The molecule has 0 fully saturated rings. The molecule has 0 heterocycles. The molecule has 0 saturated carbocycles. The van der Waals surface area contributed by atoms with E-state index >= 15 is 0 Å². The van der Waals surface area contributed by atoms with Gasteiger partial charge in [0.2, 0.25) is 0 Å². The van der Waals surface area contributed by atoms with Crippen molar-refractivity contribution in [1.82, 2.24) is 0 Å². The molecular weight excluding hydrogens is 885 g/mol. The second-order valence-electron chi connectivity index (χ2n) is 13.1. The van der Waals surface area contributed by atoms with Gasteiger partial charge in [0.15, 0.2) is 0 Å². The maximum absolute atomic E-state index is 11.0. The van der Waals surface area contributed by atoms with Gasteiger partial charge >= 0.3 is 0 Å². The van der Waals surface area contributed by atoms with Crippen LogP contribution < -0.4 is 0 Å². The minimum absolute atomic E-state index is 0.0210. The Balaban J connectivity index is 3.83. The Hall–Kier alpha value is -0.820. The van der Waals surface area contributed by atoms with E-state index < -0.39 is 20.2 Å². The summed E-state index contributed by atoms with van der Waals surface area (Å²) in [6, 6.07) is 0. The number of rotatable bonds is 55. The molecule has 1 atom stereocenters. The molecule has 0 aromatic heterocycles. The SMILES string of the molecule is CCCOCCOCCOCCOCCOCCOCCOCC(COCCOCCOCCOCCOCCOCCOCCOS(C)(=O)=O)COCCOCCOS(C)(=O)=O. The first-order valence-electron chi connectivity index (χ1n) is 21.6. The molecule has 0 rings (SSSR count). The Morgan fingerprint density at radius 2 is 0.413 bits per heavy atom. The van der Waals surface area contributed by atoms with Crippen molar-refractivity contribution in [2.24, 2.45) is 5.92 Å². The van der Waals surface area contributed by atoms with Gasteiger partial charge < -0.3 is 75.8 Å². The summed E-state index contributed by atoms with van der Waals surface area (Å²) in [4.78, 5) is 0. The lowest BCUT2D eigenvalue weighted by atomic mass is 10.2. The molecule has 63 heavy (non-hydrogen) atoms. The first-order chi connectivity index (χ1) is 30.6. The minimum atomic E-state index is -3.50. The van der Waals surface area contributed by atoms with E-state index in [4.69, 9.17) is 75.8 Å². The van der Waals surface area contributed by atoms with E-state index in [2.05, 4.69) is 15.3 Å². The van der Waals surface area contributed by atoms with Crippen LogP contribution in [0.2, 0.25) is 0 Å². The smallest absolute Gasteiger partial charge is 0.264 e. The normalized spacial score (nSPS) is 12.7. The second kappa shape index (κ2) is 49.1. The molecule has 0 aromatic rings. The molecule has 0 spiro atoms. The summed E-state index contributed by atoms with van der Waals surface area (Å²) in [6.45, 7) is 15.5. The van der Waals surface area contributed by atoms with Crippen molar-refractivity contribution in [2.75, 3.05) is 237 Å². The third-order valence-corrected chi connectivity index (χ3v) is 8.49. The third-order valence-electron chi connectivity index (χ3n) is 7.30. The fourth-order valence-corrected chi connectivity index (χ4v) is 5.13. The van der Waals surface area contributed by atoms with E-state index in [0.717, 1.165) is 25.5 Å². The predicted molar refractivity (Wildman–Crippen MR) is 228 cm³/mol. The van der Waals surface area contributed by atoms with Crippen LogP contribution in [0.25, 0.3) is 0 Å². The molecule has 24 heteroatoms. The quantitative estimate of drug-likeness (QED) is 0.0586. The van der Waals surface area contributed by atoms with E-state index in [0.29, 0.717) is 185 Å². The fourth-order valence-electron chi connectivity index (χ4n) is 4.39. The van der Waals surface area contributed by atoms with Crippen molar-refractivity contribution in [3.05, 3.63) is 0 Å². The molecule has 0 aliphatic heterocycles. The Morgan fingerprint density at radius 3 is 0.587 bits per heavy atom. The summed E-state index contributed by atoms with van der Waals surface area (Å²) in [6.07, 6.45) is 2.98. The van der Waals surface area contributed by atoms with Crippen LogP contribution in [-0.2, 0) is 104 Å². The van der Waals surface area contributed by atoms with Gasteiger partial charge in [0.05, 0.1) is 231 Å². The van der Waals surface area contributed by atoms with Crippen molar-refractivity contribution in [2.45, 2.75) is 13.3 Å². The Labute approximate surface area is 376 Å². The average Bonchev–Trinajstić information content (AvgIpc) is 3.24. The lowest BCUT2D eigenvalue weighted by Gasteiger charge is -2.18. The molecule has 0 bridgehead atoms. The van der Waals surface area contributed by atoms with Gasteiger partial charge in [0, 0.05) is 12.5 Å². The highest BCUT2D eigenvalue weighted by Crippen LogP contribution is 2.02. The fraction of sp³-hybridized carbons (Fsp3) is 1.00. The maximum atomic E-state index is 11.0. The lowest BCUT2D eigenvalue weighted by Crippen LogP contribution is -2.25. The highest BCUT2D eigenvalue weighted by atomic mass is 32.2. The highest BCUT2D eigenvalue weighted by Gasteiger charge is 2.11. The summed E-state index contributed by atoms with van der Waals surface area (Å²) < 4.78 is 141. The van der Waals surface area contributed by atoms with E-state index in [-0.39, 0.29) is 39.0 Å². The predicted octanol–water partition coefficient (Wildman–Crippen LogP) is 0.231. The molecular formula is C39H80O22S2. The average molecular weight is 965 g/mol. The van der Waals surface area contributed by atoms with E-state index in [1.54, 1.807) is 0 Å². The van der Waals surface area contributed by atoms with Crippen LogP contribution in [-0.4, -0.2) is 254 Å². The first kappa shape index (κ1) is 62.2. The summed E-state index contributed by atoms with van der Waals surface area (Å²) in [5, 5.41) is 0. The molecule has 0 amide bonds. The Bertz CT molecular complexity index is 1120. The largest absolute Gasteiger partial charge is 0.379 e. The standard InChI is InChI=1S/C39H80O22S2/c1-4-5-44-6-7-45-8-9-46-10-11-47-14-16-50-20-22-53-26-29-57-36-39(38-59-31-28-56-33-35-61-63(3,42)43)37-58-30-27-54-23-21-51-17-15-48-12-13-49-18-19-52-24-25-55-32-34-60-62(2,40)41/h39H,4-38H2,1-3H3. The zero-order valence-electron chi connectivity index (χ0n) is 38.1. The van der Waals surface area contributed by atoms with Crippen molar-refractivity contribution in [3.63, 3.8) is 0 Å². The summed E-state index contributed by atoms with van der Waals surface area (Å²) >= 11 is 0. The monoisotopic (exact) mass is 964 g/mol. The minimum Gasteiger partial charge on any atom is -0.379 e. The van der Waals surface area contributed by atoms with Gasteiger partial charge in [-0.1, -0.05) is 6.92 Å². The van der Waals surface area contributed by atoms with Crippen LogP contribution in [0.1, 0.15) is 13.3 Å². The molecule has 0 radical (unpaired) electrons. The van der Waals surface area contributed by atoms with E-state index in [1.165, 1.54) is 0 Å². The number of hydrogen-bond donors (Lipinski definition) is 0. The van der Waals surface area contributed by atoms with Gasteiger partial charge in [-0.15, -0.1) is 0 Å². The summed E-state index contributed by atoms with van der Waals surface area (Å²) in [5.74, 6) is -0.0488. The van der Waals surface area contributed by atoms with Crippen LogP contribution >= 0.6 is 0 Å². The van der Waals surface area contributed by atoms with Crippen LogP contribution in [0.15, 0.2) is 0 Å². The van der Waals surface area contributed by atoms with Gasteiger partial charge in [-0.25, -0.2) is 0 Å². The van der Waals surface area contributed by atoms with Crippen LogP contribution in [0.5, 0.6) is 0 Å². The second-order valence-corrected chi connectivity index (χ2v) is 16.4. The van der Waals surface area contributed by atoms with Gasteiger partial charge in [0.1, 0.15) is 0 Å². The van der Waals surface area contributed by atoms with Crippen molar-refractivity contribution in [3.8, 4) is 0 Å². The van der Waals surface area contributed by atoms with Gasteiger partial charge in [-0.05, 0) is 6.42 Å². The number of ether oxygens (including phenoxy) is 16. The molecule has 22 nitrogen and oxygen atoms in total. The van der Waals surface area contributed by atoms with Crippen LogP contribution in [0, 0.1) is 5.92 Å². The zero-order valence-corrected chi connectivity index (χ0v) is 39.8. The number of hydrogen-bond acceptors (Lipinski definition) is 22. The summed E-state index contributed by atoms with van der Waals surface area (Å²) in [7, 11) is -6.95. The van der Waals surface area contributed by atoms with E-state index in [9.17, 15) is 16.8 Å². The first-order valence-corrected chi connectivity index (χ1v) is 25.2. The molecule has 1 unspecified atom stereocenters. The van der Waals surface area contributed by atoms with Gasteiger partial charge in [0.25, 0.3) is 20.2 Å². The molecule has 0 saturated heterocycles. The Kier molecular flexibility index (Phi) is 48.5. The van der Waals surface area contributed by atoms with Gasteiger partial charge in [-0.2, -0.15) is 16.8 Å². The Morgan fingerprint density at radius 1 is 0.254 bits per heavy atom. The zero-order chi connectivity index (χ0) is 46.1. The molecule has 0 aliphatic carbocycles. The highest BCUT2D eigenvalue weighted by molar-refractivity contribution is 7.86. The summed E-state index contributed by atoms with van der Waals surface area (Å²) in [5.41, 5.74) is 0. The van der Waals surface area contributed by atoms with Crippen molar-refractivity contribution < 1.29 is 101 Å². The topological polar surface area (TPSA) is 234 Å². The van der Waals surface area contributed by atoms with Crippen molar-refractivity contribution >= 4 is 20.2 Å². The third kappa shape index (κ3) is 57.2. The van der Waals surface area contributed by atoms with Crippen LogP contribution in [0.3, 0.4) is 0 Å². The van der Waals surface area contributed by atoms with Crippen LogP contribution in [0.4, 0.5) is 0 Å². The molecule has 380 valence electrons.